The largest absolute Gasteiger partial charge is 0.416 e. The second-order valence-corrected chi connectivity index (χ2v) is 7.36. The van der Waals surface area contributed by atoms with Crippen molar-refractivity contribution in [2.45, 2.75) is 37.8 Å². The number of nitrogens with one attached hydrogen (secondary N) is 1. The van der Waals surface area contributed by atoms with Gasteiger partial charge in [-0.1, -0.05) is 0 Å². The molecule has 9 heteroatoms. The molecule has 1 unspecified atom stereocenters. The number of amides is 1. The minimum absolute atomic E-state index is 0.0198. The number of piperidine rings is 2. The molecule has 0 saturated carbocycles. The molecule has 0 aromatic heterocycles. The molecule has 1 aromatic rings. The lowest BCUT2D eigenvalue weighted by Gasteiger charge is -2.34. The van der Waals surface area contributed by atoms with Crippen molar-refractivity contribution >= 4 is 11.6 Å². The number of carbonyl (C=O) groups excluding carboxylic acids is 1. The average molecular weight is 400 g/mol. The quantitative estimate of drug-likeness (QED) is 0.466. The van der Waals surface area contributed by atoms with E-state index in [1.807, 2.05) is 0 Å². The standard InChI is InChI=1S/C19H24F4N4O/c20-14-1-2-16(19(21,22)23)15(10-14)12-4-7-27(8-5-12)18(28)9-13-11-25-6-3-17(13)26-24/h1-2,10,12-13,25H,3-9,11,24H2/b26-17+. The van der Waals surface area contributed by atoms with Crippen LogP contribution < -0.4 is 11.2 Å². The maximum Gasteiger partial charge on any atom is 0.416 e. The molecule has 0 spiro atoms. The van der Waals surface area contributed by atoms with Crippen molar-refractivity contribution < 1.29 is 22.4 Å². The van der Waals surface area contributed by atoms with Gasteiger partial charge in [0.2, 0.25) is 5.91 Å². The Morgan fingerprint density at radius 1 is 1.29 bits per heavy atom. The van der Waals surface area contributed by atoms with E-state index in [4.69, 9.17) is 5.84 Å². The molecule has 1 aromatic carbocycles. The van der Waals surface area contributed by atoms with Gasteiger partial charge in [0.25, 0.3) is 0 Å². The summed E-state index contributed by atoms with van der Waals surface area (Å²) >= 11 is 0. The van der Waals surface area contributed by atoms with Crippen molar-refractivity contribution in [1.82, 2.24) is 10.2 Å². The Kier molecular flexibility index (Phi) is 6.22. The molecule has 2 heterocycles. The molecule has 154 valence electrons. The SMILES string of the molecule is N/N=C1\CCNCC1CC(=O)N1CCC(c2cc(F)ccc2C(F)(F)F)CC1. The first-order chi connectivity index (χ1) is 13.3. The van der Waals surface area contributed by atoms with Crippen LogP contribution in [0, 0.1) is 11.7 Å². The second kappa shape index (κ2) is 8.46. The van der Waals surface area contributed by atoms with Gasteiger partial charge in [0.1, 0.15) is 5.82 Å². The maximum atomic E-state index is 13.6. The van der Waals surface area contributed by atoms with Crippen LogP contribution in [0.2, 0.25) is 0 Å². The predicted molar refractivity (Wildman–Crippen MR) is 97.2 cm³/mol. The zero-order valence-corrected chi connectivity index (χ0v) is 15.4. The molecular weight excluding hydrogens is 376 g/mol. The fourth-order valence-corrected chi connectivity index (χ4v) is 4.08. The molecule has 1 amide bonds. The summed E-state index contributed by atoms with van der Waals surface area (Å²) in [6.07, 6.45) is -2.79. The normalized spacial score (nSPS) is 23.2. The monoisotopic (exact) mass is 400 g/mol. The highest BCUT2D eigenvalue weighted by Crippen LogP contribution is 2.39. The number of benzene rings is 1. The first kappa shape index (κ1) is 20.6. The molecule has 2 fully saturated rings. The van der Waals surface area contributed by atoms with Crippen molar-refractivity contribution in [3.05, 3.63) is 35.1 Å². The predicted octanol–water partition coefficient (Wildman–Crippen LogP) is 2.86. The number of alkyl halides is 3. The van der Waals surface area contributed by atoms with E-state index in [1.54, 1.807) is 4.90 Å². The Morgan fingerprint density at radius 2 is 2.00 bits per heavy atom. The molecule has 0 bridgehead atoms. The van der Waals surface area contributed by atoms with Gasteiger partial charge in [-0.15, -0.1) is 0 Å². The van der Waals surface area contributed by atoms with Gasteiger partial charge in [-0.05, 0) is 42.5 Å². The highest BCUT2D eigenvalue weighted by molar-refractivity contribution is 5.91. The summed E-state index contributed by atoms with van der Waals surface area (Å²) < 4.78 is 53.3. The number of likely N-dealkylation sites (tertiary alicyclic amines) is 1. The van der Waals surface area contributed by atoms with E-state index in [0.717, 1.165) is 30.5 Å². The van der Waals surface area contributed by atoms with Crippen molar-refractivity contribution in [3.63, 3.8) is 0 Å². The highest BCUT2D eigenvalue weighted by Gasteiger charge is 2.37. The molecular formula is C19H24F4N4O. The van der Waals surface area contributed by atoms with Crippen molar-refractivity contribution in [2.75, 3.05) is 26.2 Å². The molecule has 1 atom stereocenters. The molecule has 5 nitrogen and oxygen atoms in total. The minimum Gasteiger partial charge on any atom is -0.343 e. The van der Waals surface area contributed by atoms with Gasteiger partial charge in [-0.25, -0.2) is 4.39 Å². The summed E-state index contributed by atoms with van der Waals surface area (Å²) in [4.78, 5) is 14.3. The number of hydrazone groups is 1. The number of halogens is 4. The number of carbonyl (C=O) groups is 1. The Morgan fingerprint density at radius 3 is 2.64 bits per heavy atom. The van der Waals surface area contributed by atoms with Gasteiger partial charge in [-0.3, -0.25) is 4.79 Å². The van der Waals surface area contributed by atoms with Crippen LogP contribution in [-0.2, 0) is 11.0 Å². The number of rotatable bonds is 3. The van der Waals surface area contributed by atoms with E-state index in [2.05, 4.69) is 10.4 Å². The van der Waals surface area contributed by atoms with Crippen LogP contribution in [0.4, 0.5) is 17.6 Å². The number of hydrogen-bond donors (Lipinski definition) is 2. The molecule has 3 N–H and O–H groups in total. The number of hydrogen-bond acceptors (Lipinski definition) is 4. The van der Waals surface area contributed by atoms with Crippen LogP contribution in [0.25, 0.3) is 0 Å². The molecule has 28 heavy (non-hydrogen) atoms. The Balaban J connectivity index is 1.63. The molecule has 2 saturated heterocycles. The Bertz CT molecular complexity index is 742. The van der Waals surface area contributed by atoms with Crippen LogP contribution in [0.5, 0.6) is 0 Å². The molecule has 0 radical (unpaired) electrons. The van der Waals surface area contributed by atoms with Gasteiger partial charge in [0, 0.05) is 50.7 Å². The Labute approximate surface area is 161 Å². The van der Waals surface area contributed by atoms with E-state index in [-0.39, 0.29) is 23.8 Å². The van der Waals surface area contributed by atoms with Crippen LogP contribution >= 0.6 is 0 Å². The van der Waals surface area contributed by atoms with E-state index < -0.39 is 23.5 Å². The lowest BCUT2D eigenvalue weighted by molar-refractivity contribution is -0.139. The maximum absolute atomic E-state index is 13.6. The van der Waals surface area contributed by atoms with Gasteiger partial charge < -0.3 is 16.1 Å². The Hall–Kier alpha value is -2.16. The summed E-state index contributed by atoms with van der Waals surface area (Å²) in [5.41, 5.74) is 0.000882. The smallest absolute Gasteiger partial charge is 0.343 e. The summed E-state index contributed by atoms with van der Waals surface area (Å²) in [7, 11) is 0. The number of nitrogens with two attached hydrogens (primary N) is 1. The zero-order chi connectivity index (χ0) is 20.3. The van der Waals surface area contributed by atoms with Gasteiger partial charge in [-0.2, -0.15) is 18.3 Å². The summed E-state index contributed by atoms with van der Waals surface area (Å²) in [6, 6.07) is 2.61. The zero-order valence-electron chi connectivity index (χ0n) is 15.4. The van der Waals surface area contributed by atoms with Gasteiger partial charge in [0.15, 0.2) is 0 Å². The van der Waals surface area contributed by atoms with Crippen LogP contribution in [0.3, 0.4) is 0 Å². The van der Waals surface area contributed by atoms with E-state index in [0.29, 0.717) is 38.9 Å². The molecule has 3 rings (SSSR count). The number of nitrogens with zero attached hydrogens (tertiary/aromatic N) is 2. The third kappa shape index (κ3) is 4.63. The lowest BCUT2D eigenvalue weighted by Crippen LogP contribution is -2.43. The molecule has 2 aliphatic heterocycles. The minimum atomic E-state index is -4.53. The average Bonchev–Trinajstić information content (AvgIpc) is 2.67. The molecule has 0 aliphatic carbocycles. The fraction of sp³-hybridized carbons (Fsp3) is 0.579. The van der Waals surface area contributed by atoms with Crippen LogP contribution in [0.15, 0.2) is 23.3 Å². The van der Waals surface area contributed by atoms with Crippen LogP contribution in [-0.4, -0.2) is 42.7 Å². The van der Waals surface area contributed by atoms with Crippen molar-refractivity contribution in [3.8, 4) is 0 Å². The lowest BCUT2D eigenvalue weighted by atomic mass is 9.85. The topological polar surface area (TPSA) is 70.7 Å². The van der Waals surface area contributed by atoms with E-state index in [1.165, 1.54) is 0 Å². The van der Waals surface area contributed by atoms with Gasteiger partial charge >= 0.3 is 6.18 Å². The van der Waals surface area contributed by atoms with Gasteiger partial charge in [0.05, 0.1) is 5.56 Å². The third-order valence-corrected chi connectivity index (χ3v) is 5.61. The highest BCUT2D eigenvalue weighted by atomic mass is 19.4. The first-order valence-electron chi connectivity index (χ1n) is 9.41. The van der Waals surface area contributed by atoms with E-state index >= 15 is 0 Å². The summed E-state index contributed by atoms with van der Waals surface area (Å²) in [6.45, 7) is 2.12. The van der Waals surface area contributed by atoms with Crippen LogP contribution in [0.1, 0.15) is 42.7 Å². The van der Waals surface area contributed by atoms with Crippen molar-refractivity contribution in [2.24, 2.45) is 16.9 Å². The van der Waals surface area contributed by atoms with Crippen molar-refractivity contribution in [1.29, 1.82) is 0 Å². The van der Waals surface area contributed by atoms with E-state index in [9.17, 15) is 22.4 Å². The first-order valence-corrected chi connectivity index (χ1v) is 9.41. The second-order valence-electron chi connectivity index (χ2n) is 7.36. The molecule has 2 aliphatic rings. The summed E-state index contributed by atoms with van der Waals surface area (Å²) in [5.74, 6) is 4.20. The summed E-state index contributed by atoms with van der Waals surface area (Å²) in [5, 5.41) is 7.00. The third-order valence-electron chi connectivity index (χ3n) is 5.61. The fourth-order valence-electron chi connectivity index (χ4n) is 4.08.